The second-order valence-electron chi connectivity index (χ2n) is 5.38. The fourth-order valence-electron chi connectivity index (χ4n) is 2.74. The molecular weight excluding hydrogens is 243 g/mol. The fourth-order valence-corrected chi connectivity index (χ4v) is 2.74. The molecule has 1 aromatic carbocycles. The number of rotatable bonds is 2. The highest BCUT2D eigenvalue weighted by Crippen LogP contribution is 2.30. The van der Waals surface area contributed by atoms with E-state index in [0.29, 0.717) is 6.04 Å². The van der Waals surface area contributed by atoms with E-state index in [1.165, 1.54) is 6.07 Å². The third kappa shape index (κ3) is 2.32. The maximum absolute atomic E-state index is 13.7. The Morgan fingerprint density at radius 2 is 1.89 bits per heavy atom. The molecule has 102 valence electrons. The Hall–Kier alpha value is -1.55. The topological polar surface area (TPSA) is 19.6 Å². The van der Waals surface area contributed by atoms with Crippen LogP contribution >= 0.6 is 0 Å². The summed E-state index contributed by atoms with van der Waals surface area (Å²) in [7, 11) is 0. The molecule has 3 rings (SSSR count). The molecule has 19 heavy (non-hydrogen) atoms. The van der Waals surface area contributed by atoms with Gasteiger partial charge in [-0.1, -0.05) is 0 Å². The van der Waals surface area contributed by atoms with Crippen LogP contribution in [-0.4, -0.2) is 37.1 Å². The lowest BCUT2D eigenvalue weighted by atomic mass is 10.1. The molecule has 1 fully saturated rings. The van der Waals surface area contributed by atoms with Crippen molar-refractivity contribution in [3.63, 3.8) is 0 Å². The van der Waals surface area contributed by atoms with Crippen LogP contribution in [-0.2, 0) is 0 Å². The molecule has 2 heterocycles. The number of hydrogen-bond donors (Lipinski definition) is 0. The van der Waals surface area contributed by atoms with E-state index in [4.69, 9.17) is 4.42 Å². The highest BCUT2D eigenvalue weighted by atomic mass is 19.1. The number of halogens is 1. The number of benzene rings is 1. The maximum Gasteiger partial charge on any atom is 0.157 e. The maximum atomic E-state index is 13.7. The van der Waals surface area contributed by atoms with Gasteiger partial charge in [-0.2, -0.15) is 0 Å². The zero-order chi connectivity index (χ0) is 13.4. The lowest BCUT2D eigenvalue weighted by Crippen LogP contribution is -2.48. The van der Waals surface area contributed by atoms with E-state index in [0.717, 1.165) is 42.8 Å². The van der Waals surface area contributed by atoms with Gasteiger partial charge in [-0.3, -0.25) is 4.90 Å². The molecule has 0 amide bonds. The second kappa shape index (κ2) is 4.85. The highest BCUT2D eigenvalue weighted by Gasteiger charge is 2.21. The van der Waals surface area contributed by atoms with Crippen LogP contribution in [0.3, 0.4) is 0 Å². The van der Waals surface area contributed by atoms with Crippen LogP contribution in [0, 0.1) is 5.82 Å². The standard InChI is InChI=1S/C15H19FN2O/c1-11(2)17-4-6-18(7-5-17)14-10-13(16)9-12-3-8-19-15(12)14/h3,8-11H,4-7H2,1-2H3. The van der Waals surface area contributed by atoms with Crippen molar-refractivity contribution in [1.82, 2.24) is 4.90 Å². The lowest BCUT2D eigenvalue weighted by Gasteiger charge is -2.38. The predicted molar refractivity (Wildman–Crippen MR) is 75.1 cm³/mol. The van der Waals surface area contributed by atoms with Crippen molar-refractivity contribution in [2.75, 3.05) is 31.1 Å². The van der Waals surface area contributed by atoms with Crippen LogP contribution in [0.4, 0.5) is 10.1 Å². The molecule has 4 heteroatoms. The third-order valence-electron chi connectivity index (χ3n) is 3.88. The van der Waals surface area contributed by atoms with Crippen LogP contribution in [0.15, 0.2) is 28.9 Å². The molecule has 0 unspecified atom stereocenters. The average Bonchev–Trinajstić information content (AvgIpc) is 2.85. The summed E-state index contributed by atoms with van der Waals surface area (Å²) in [5.41, 5.74) is 1.67. The van der Waals surface area contributed by atoms with Gasteiger partial charge in [0.1, 0.15) is 5.82 Å². The van der Waals surface area contributed by atoms with Gasteiger partial charge in [0.15, 0.2) is 5.58 Å². The molecule has 0 spiro atoms. The summed E-state index contributed by atoms with van der Waals surface area (Å²) in [5.74, 6) is -0.199. The molecule has 0 bridgehead atoms. The lowest BCUT2D eigenvalue weighted by molar-refractivity contribution is 0.209. The van der Waals surface area contributed by atoms with Gasteiger partial charge >= 0.3 is 0 Å². The first-order chi connectivity index (χ1) is 9.15. The molecule has 0 aliphatic carbocycles. The first-order valence-corrected chi connectivity index (χ1v) is 6.81. The summed E-state index contributed by atoms with van der Waals surface area (Å²) in [5, 5.41) is 0.835. The Labute approximate surface area is 112 Å². The normalized spacial score (nSPS) is 17.6. The first-order valence-electron chi connectivity index (χ1n) is 6.81. The molecule has 0 N–H and O–H groups in total. The van der Waals surface area contributed by atoms with E-state index in [1.54, 1.807) is 12.3 Å². The van der Waals surface area contributed by atoms with Gasteiger partial charge < -0.3 is 9.32 Å². The summed E-state index contributed by atoms with van der Waals surface area (Å²) in [4.78, 5) is 4.66. The highest BCUT2D eigenvalue weighted by molar-refractivity contribution is 5.89. The van der Waals surface area contributed by atoms with Gasteiger partial charge in [0, 0.05) is 43.7 Å². The SMILES string of the molecule is CC(C)N1CCN(c2cc(F)cc3ccoc23)CC1. The Morgan fingerprint density at radius 1 is 1.16 bits per heavy atom. The number of nitrogens with zero attached hydrogens (tertiary/aromatic N) is 2. The predicted octanol–water partition coefficient (Wildman–Crippen LogP) is 3.10. The van der Waals surface area contributed by atoms with Crippen molar-refractivity contribution in [2.45, 2.75) is 19.9 Å². The number of furan rings is 1. The van der Waals surface area contributed by atoms with E-state index >= 15 is 0 Å². The Balaban J connectivity index is 1.87. The molecule has 3 nitrogen and oxygen atoms in total. The molecule has 1 saturated heterocycles. The Kier molecular flexibility index (Phi) is 3.19. The summed E-state index contributed by atoms with van der Waals surface area (Å²) in [6.07, 6.45) is 1.62. The number of anilines is 1. The van der Waals surface area contributed by atoms with Crippen LogP contribution < -0.4 is 4.90 Å². The summed E-state index contributed by atoms with van der Waals surface area (Å²) in [6, 6.07) is 5.48. The van der Waals surface area contributed by atoms with E-state index in [1.807, 2.05) is 6.07 Å². The zero-order valence-electron chi connectivity index (χ0n) is 11.4. The largest absolute Gasteiger partial charge is 0.462 e. The fraction of sp³-hybridized carbons (Fsp3) is 0.467. The van der Waals surface area contributed by atoms with Gasteiger partial charge in [0.05, 0.1) is 12.0 Å². The minimum Gasteiger partial charge on any atom is -0.462 e. The smallest absolute Gasteiger partial charge is 0.157 e. The van der Waals surface area contributed by atoms with E-state index in [9.17, 15) is 4.39 Å². The van der Waals surface area contributed by atoms with E-state index < -0.39 is 0 Å². The number of fused-ring (bicyclic) bond motifs is 1. The van der Waals surface area contributed by atoms with Gasteiger partial charge in [0.2, 0.25) is 0 Å². The van der Waals surface area contributed by atoms with Gasteiger partial charge in [-0.25, -0.2) is 4.39 Å². The quantitative estimate of drug-likeness (QED) is 0.829. The molecule has 0 radical (unpaired) electrons. The minimum absolute atomic E-state index is 0.199. The van der Waals surface area contributed by atoms with Crippen molar-refractivity contribution >= 4 is 16.7 Å². The first kappa shape index (κ1) is 12.5. The Bertz CT molecular complexity index is 571. The summed E-state index contributed by atoms with van der Waals surface area (Å²) < 4.78 is 19.2. The Morgan fingerprint density at radius 3 is 2.58 bits per heavy atom. The van der Waals surface area contributed by atoms with Crippen LogP contribution in [0.1, 0.15) is 13.8 Å². The zero-order valence-corrected chi connectivity index (χ0v) is 11.4. The van der Waals surface area contributed by atoms with Gasteiger partial charge in [0.25, 0.3) is 0 Å². The van der Waals surface area contributed by atoms with Gasteiger partial charge in [-0.15, -0.1) is 0 Å². The van der Waals surface area contributed by atoms with Gasteiger partial charge in [-0.05, 0) is 26.0 Å². The molecule has 0 atom stereocenters. The summed E-state index contributed by atoms with van der Waals surface area (Å²) in [6.45, 7) is 8.27. The van der Waals surface area contributed by atoms with Crippen LogP contribution in [0.25, 0.3) is 11.0 Å². The van der Waals surface area contributed by atoms with Crippen molar-refractivity contribution in [3.8, 4) is 0 Å². The van der Waals surface area contributed by atoms with Crippen molar-refractivity contribution in [1.29, 1.82) is 0 Å². The average molecular weight is 262 g/mol. The second-order valence-corrected chi connectivity index (χ2v) is 5.38. The molecular formula is C15H19FN2O. The number of hydrogen-bond acceptors (Lipinski definition) is 3. The van der Waals surface area contributed by atoms with Crippen molar-refractivity contribution < 1.29 is 8.81 Å². The third-order valence-corrected chi connectivity index (χ3v) is 3.88. The van der Waals surface area contributed by atoms with E-state index in [2.05, 4.69) is 23.6 Å². The monoisotopic (exact) mass is 262 g/mol. The molecule has 2 aromatic rings. The van der Waals surface area contributed by atoms with Crippen molar-refractivity contribution in [2.24, 2.45) is 0 Å². The van der Waals surface area contributed by atoms with E-state index in [-0.39, 0.29) is 5.82 Å². The molecule has 1 aliphatic heterocycles. The van der Waals surface area contributed by atoms with Crippen molar-refractivity contribution in [3.05, 3.63) is 30.3 Å². The van der Waals surface area contributed by atoms with Crippen LogP contribution in [0.5, 0.6) is 0 Å². The number of piperazine rings is 1. The molecule has 1 aromatic heterocycles. The molecule has 0 saturated carbocycles. The van der Waals surface area contributed by atoms with Crippen LogP contribution in [0.2, 0.25) is 0 Å². The minimum atomic E-state index is -0.199. The summed E-state index contributed by atoms with van der Waals surface area (Å²) >= 11 is 0. The molecule has 1 aliphatic rings.